The number of aromatic nitrogens is 5. The number of hydrogen-bond acceptors (Lipinski definition) is 5. The minimum atomic E-state index is -4.57. The van der Waals surface area contributed by atoms with E-state index in [1.807, 2.05) is 13.0 Å². The molecular formula is C29H29F4N5O. The van der Waals surface area contributed by atoms with Gasteiger partial charge in [0.2, 0.25) is 0 Å². The zero-order chi connectivity index (χ0) is 28.0. The van der Waals surface area contributed by atoms with Gasteiger partial charge >= 0.3 is 6.18 Å². The first-order chi connectivity index (χ1) is 18.6. The molecule has 0 unspecified atom stereocenters. The number of alkyl halides is 3. The predicted octanol–water partition coefficient (Wildman–Crippen LogP) is 6.65. The summed E-state index contributed by atoms with van der Waals surface area (Å²) in [6.07, 6.45) is 3.22. The van der Waals surface area contributed by atoms with E-state index in [2.05, 4.69) is 20.1 Å². The lowest BCUT2D eigenvalue weighted by Crippen LogP contribution is -2.30. The van der Waals surface area contributed by atoms with Crippen molar-refractivity contribution in [2.45, 2.75) is 64.6 Å². The van der Waals surface area contributed by atoms with Crippen molar-refractivity contribution < 1.29 is 17.6 Å². The summed E-state index contributed by atoms with van der Waals surface area (Å²) in [6.45, 7) is 3.24. The smallest absolute Gasteiger partial charge is 0.267 e. The van der Waals surface area contributed by atoms with Gasteiger partial charge in [0.05, 0.1) is 23.5 Å². The van der Waals surface area contributed by atoms with Crippen LogP contribution in [0.4, 0.5) is 17.6 Å². The van der Waals surface area contributed by atoms with Crippen LogP contribution in [0.5, 0.6) is 0 Å². The van der Waals surface area contributed by atoms with Crippen LogP contribution < -0.4 is 5.56 Å². The maximum Gasteiger partial charge on any atom is 0.418 e. The molecule has 0 saturated heterocycles. The Morgan fingerprint density at radius 2 is 1.69 bits per heavy atom. The Labute approximate surface area is 223 Å². The lowest BCUT2D eigenvalue weighted by molar-refractivity contribution is -0.138. The van der Waals surface area contributed by atoms with Gasteiger partial charge in [0.1, 0.15) is 17.3 Å². The molecule has 1 fully saturated rings. The zero-order valence-electron chi connectivity index (χ0n) is 21.7. The maximum atomic E-state index is 13.4. The van der Waals surface area contributed by atoms with Crippen LogP contribution in [-0.2, 0) is 12.7 Å². The molecule has 0 bridgehead atoms. The summed E-state index contributed by atoms with van der Waals surface area (Å²) in [5.74, 6) is 0.438. The van der Waals surface area contributed by atoms with E-state index in [-0.39, 0.29) is 29.5 Å². The average Bonchev–Trinajstić information content (AvgIpc) is 2.90. The molecule has 1 saturated carbocycles. The third kappa shape index (κ3) is 7.34. The van der Waals surface area contributed by atoms with Gasteiger partial charge in [-0.05, 0) is 74.6 Å². The third-order valence-corrected chi connectivity index (χ3v) is 6.56. The molecule has 0 spiro atoms. The Bertz CT molecular complexity index is 1460. The SMILES string of the molecule is Cc1cccc(F)c1.Cc1nccc(-c2cc(C3CCCCC3)c(=O)n(Cc3ncccc3C(F)(F)F)n2)n1. The minimum Gasteiger partial charge on any atom is -0.267 e. The summed E-state index contributed by atoms with van der Waals surface area (Å²) in [7, 11) is 0. The van der Waals surface area contributed by atoms with Gasteiger partial charge in [0.25, 0.3) is 5.56 Å². The molecule has 0 amide bonds. The highest BCUT2D eigenvalue weighted by Gasteiger charge is 2.34. The van der Waals surface area contributed by atoms with Gasteiger partial charge in [-0.3, -0.25) is 9.78 Å². The first kappa shape index (κ1) is 28.1. The van der Waals surface area contributed by atoms with Gasteiger partial charge in [-0.1, -0.05) is 31.4 Å². The van der Waals surface area contributed by atoms with Gasteiger partial charge in [-0.25, -0.2) is 19.0 Å². The van der Waals surface area contributed by atoms with E-state index in [1.54, 1.807) is 31.3 Å². The lowest BCUT2D eigenvalue weighted by Gasteiger charge is -2.22. The number of hydrogen-bond donors (Lipinski definition) is 0. The second-order valence-electron chi connectivity index (χ2n) is 9.57. The first-order valence-electron chi connectivity index (χ1n) is 12.8. The molecule has 0 N–H and O–H groups in total. The molecule has 39 heavy (non-hydrogen) atoms. The fourth-order valence-electron chi connectivity index (χ4n) is 4.67. The number of nitrogens with zero attached hydrogens (tertiary/aromatic N) is 5. The van der Waals surface area contributed by atoms with Crippen LogP contribution in [0.25, 0.3) is 11.4 Å². The highest BCUT2D eigenvalue weighted by molar-refractivity contribution is 5.54. The number of aryl methyl sites for hydroxylation is 2. The Kier molecular flexibility index (Phi) is 8.83. The third-order valence-electron chi connectivity index (χ3n) is 6.56. The lowest BCUT2D eigenvalue weighted by atomic mass is 9.84. The molecule has 3 heterocycles. The molecule has 10 heteroatoms. The van der Waals surface area contributed by atoms with Crippen LogP contribution >= 0.6 is 0 Å². The highest BCUT2D eigenvalue weighted by Crippen LogP contribution is 2.33. The summed E-state index contributed by atoms with van der Waals surface area (Å²) < 4.78 is 53.6. The van der Waals surface area contributed by atoms with E-state index in [4.69, 9.17) is 0 Å². The van der Waals surface area contributed by atoms with E-state index >= 15 is 0 Å². The normalized spacial score (nSPS) is 14.0. The number of benzene rings is 1. The first-order valence-corrected chi connectivity index (χ1v) is 12.8. The van der Waals surface area contributed by atoms with E-state index in [9.17, 15) is 22.4 Å². The van der Waals surface area contributed by atoms with E-state index in [1.165, 1.54) is 24.4 Å². The van der Waals surface area contributed by atoms with Crippen LogP contribution in [0.1, 0.15) is 66.2 Å². The van der Waals surface area contributed by atoms with E-state index in [0.717, 1.165) is 48.4 Å². The van der Waals surface area contributed by atoms with Crippen LogP contribution in [-0.4, -0.2) is 24.7 Å². The summed E-state index contributed by atoms with van der Waals surface area (Å²) in [6, 6.07) is 12.1. The fraction of sp³-hybridized carbons (Fsp3) is 0.345. The largest absolute Gasteiger partial charge is 0.418 e. The zero-order valence-corrected chi connectivity index (χ0v) is 21.7. The molecule has 204 valence electrons. The Morgan fingerprint density at radius 1 is 0.923 bits per heavy atom. The molecule has 3 aromatic heterocycles. The Hall–Kier alpha value is -3.95. The number of pyridine rings is 1. The average molecular weight is 540 g/mol. The Morgan fingerprint density at radius 3 is 2.33 bits per heavy atom. The van der Waals surface area contributed by atoms with Gasteiger partial charge in [-0.2, -0.15) is 18.3 Å². The molecule has 0 aliphatic heterocycles. The van der Waals surface area contributed by atoms with Crippen molar-refractivity contribution in [3.63, 3.8) is 0 Å². The topological polar surface area (TPSA) is 73.6 Å². The van der Waals surface area contributed by atoms with Crippen molar-refractivity contribution in [2.75, 3.05) is 0 Å². The Balaban J connectivity index is 0.000000379. The standard InChI is InChI=1S/C22H22F3N5O.C7H7F/c1-14-26-11-9-18(28-14)19-12-16(15-6-3-2-4-7-15)21(31)30(29-19)13-20-17(22(23,24)25)8-5-10-27-20;1-6-3-2-4-7(8)5-6/h5,8-12,15H,2-4,6-7,13H2,1H3;2-5H,1H3. The molecular weight excluding hydrogens is 510 g/mol. The molecule has 4 aromatic rings. The summed E-state index contributed by atoms with van der Waals surface area (Å²) in [5.41, 5.74) is 1.02. The summed E-state index contributed by atoms with van der Waals surface area (Å²) >= 11 is 0. The van der Waals surface area contributed by atoms with Gasteiger partial charge in [0.15, 0.2) is 0 Å². The van der Waals surface area contributed by atoms with Crippen molar-refractivity contribution in [2.24, 2.45) is 0 Å². The highest BCUT2D eigenvalue weighted by atomic mass is 19.4. The quantitative estimate of drug-likeness (QED) is 0.272. The van der Waals surface area contributed by atoms with Crippen LogP contribution in [0, 0.1) is 19.7 Å². The molecule has 1 aromatic carbocycles. The van der Waals surface area contributed by atoms with Crippen molar-refractivity contribution in [1.29, 1.82) is 0 Å². The van der Waals surface area contributed by atoms with Gasteiger partial charge in [-0.15, -0.1) is 0 Å². The van der Waals surface area contributed by atoms with Crippen molar-refractivity contribution in [1.82, 2.24) is 24.7 Å². The number of halogens is 4. The monoisotopic (exact) mass is 539 g/mol. The molecule has 0 radical (unpaired) electrons. The summed E-state index contributed by atoms with van der Waals surface area (Å²) in [5, 5.41) is 4.36. The minimum absolute atomic E-state index is 0.0583. The molecule has 5 rings (SSSR count). The molecule has 1 aliphatic carbocycles. The van der Waals surface area contributed by atoms with E-state index < -0.39 is 11.7 Å². The van der Waals surface area contributed by atoms with Crippen molar-refractivity contribution in [3.05, 3.63) is 105 Å². The second kappa shape index (κ2) is 12.3. The molecule has 0 atom stereocenters. The maximum absolute atomic E-state index is 13.4. The fourth-order valence-corrected chi connectivity index (χ4v) is 4.67. The molecule has 1 aliphatic rings. The van der Waals surface area contributed by atoms with Crippen LogP contribution in [0.15, 0.2) is 65.7 Å². The summed E-state index contributed by atoms with van der Waals surface area (Å²) in [4.78, 5) is 25.6. The van der Waals surface area contributed by atoms with Crippen LogP contribution in [0.3, 0.4) is 0 Å². The van der Waals surface area contributed by atoms with E-state index in [0.29, 0.717) is 22.8 Å². The van der Waals surface area contributed by atoms with Gasteiger partial charge < -0.3 is 0 Å². The predicted molar refractivity (Wildman–Crippen MR) is 140 cm³/mol. The van der Waals surface area contributed by atoms with Gasteiger partial charge in [0, 0.05) is 18.0 Å². The molecule has 6 nitrogen and oxygen atoms in total. The van der Waals surface area contributed by atoms with Crippen molar-refractivity contribution >= 4 is 0 Å². The van der Waals surface area contributed by atoms with Crippen LogP contribution in [0.2, 0.25) is 0 Å². The number of rotatable bonds is 4. The second-order valence-corrected chi connectivity index (χ2v) is 9.57. The van der Waals surface area contributed by atoms with Crippen molar-refractivity contribution in [3.8, 4) is 11.4 Å².